The fourth-order valence-corrected chi connectivity index (χ4v) is 4.11. The highest BCUT2D eigenvalue weighted by atomic mass is 16.6. The summed E-state index contributed by atoms with van der Waals surface area (Å²) < 4.78 is 5.31. The molecular formula is C29H48N4O6. The number of rotatable bonds is 16. The molecular weight excluding hydrogens is 500 g/mol. The normalized spacial score (nSPS) is 12.8. The van der Waals surface area contributed by atoms with Crippen LogP contribution in [-0.2, 0) is 19.1 Å². The van der Waals surface area contributed by atoms with E-state index in [1.54, 1.807) is 39.8 Å². The molecule has 0 saturated carbocycles. The predicted octanol–water partition coefficient (Wildman–Crippen LogP) is 4.23. The van der Waals surface area contributed by atoms with Gasteiger partial charge in [-0.1, -0.05) is 52.0 Å². The third kappa shape index (κ3) is 12.4. The van der Waals surface area contributed by atoms with Crippen LogP contribution >= 0.6 is 0 Å². The van der Waals surface area contributed by atoms with Gasteiger partial charge in [-0.2, -0.15) is 0 Å². The van der Waals surface area contributed by atoms with Crippen LogP contribution < -0.4 is 16.4 Å². The van der Waals surface area contributed by atoms with Crippen LogP contribution in [0.3, 0.4) is 0 Å². The van der Waals surface area contributed by atoms with Crippen LogP contribution in [0.5, 0.6) is 5.75 Å². The Morgan fingerprint density at radius 1 is 1.03 bits per heavy atom. The summed E-state index contributed by atoms with van der Waals surface area (Å²) in [6.45, 7) is 11.5. The lowest BCUT2D eigenvalue weighted by atomic mass is 9.99. The second-order valence-corrected chi connectivity index (χ2v) is 10.9. The fourth-order valence-electron chi connectivity index (χ4n) is 4.11. The molecule has 10 nitrogen and oxygen atoms in total. The van der Waals surface area contributed by atoms with E-state index in [1.165, 1.54) is 11.0 Å². The van der Waals surface area contributed by atoms with Gasteiger partial charge >= 0.3 is 6.09 Å². The van der Waals surface area contributed by atoms with Crippen molar-refractivity contribution in [1.82, 2.24) is 15.5 Å². The summed E-state index contributed by atoms with van der Waals surface area (Å²) in [6, 6.07) is 2.39. The van der Waals surface area contributed by atoms with E-state index in [9.17, 15) is 24.3 Å². The summed E-state index contributed by atoms with van der Waals surface area (Å²) in [7, 11) is 0. The van der Waals surface area contributed by atoms with Gasteiger partial charge in [-0.05, 0) is 63.8 Å². The molecule has 0 heterocycles. The number of alkyl carbamates (subject to hydrolysis) is 1. The monoisotopic (exact) mass is 548 g/mol. The van der Waals surface area contributed by atoms with Crippen LogP contribution in [0.25, 0.3) is 0 Å². The second-order valence-electron chi connectivity index (χ2n) is 10.9. The van der Waals surface area contributed by atoms with Crippen LogP contribution in [0, 0.1) is 6.92 Å². The third-order valence-electron chi connectivity index (χ3n) is 6.11. The van der Waals surface area contributed by atoms with Crippen molar-refractivity contribution in [2.75, 3.05) is 13.1 Å². The van der Waals surface area contributed by atoms with Crippen LogP contribution in [0.1, 0.15) is 103 Å². The number of aromatic hydroxyl groups is 1. The van der Waals surface area contributed by atoms with Crippen molar-refractivity contribution in [2.45, 2.75) is 111 Å². The first-order valence-electron chi connectivity index (χ1n) is 14.0. The van der Waals surface area contributed by atoms with Gasteiger partial charge in [0.25, 0.3) is 0 Å². The van der Waals surface area contributed by atoms with E-state index in [4.69, 9.17) is 10.5 Å². The molecule has 39 heavy (non-hydrogen) atoms. The van der Waals surface area contributed by atoms with Gasteiger partial charge in [0.1, 0.15) is 23.4 Å². The first-order chi connectivity index (χ1) is 18.3. The number of nitrogens with one attached hydrogen (secondary N) is 2. The molecule has 0 saturated heterocycles. The lowest BCUT2D eigenvalue weighted by molar-refractivity contribution is -0.143. The number of amides is 4. The molecule has 0 fully saturated rings. The topological polar surface area (TPSA) is 151 Å². The number of aryl methyl sites for hydroxylation is 1. The lowest BCUT2D eigenvalue weighted by Crippen LogP contribution is -2.54. The second kappa shape index (κ2) is 16.6. The van der Waals surface area contributed by atoms with E-state index < -0.39 is 42.0 Å². The maximum atomic E-state index is 14.0. The van der Waals surface area contributed by atoms with Crippen molar-refractivity contribution in [3.05, 3.63) is 29.3 Å². The van der Waals surface area contributed by atoms with E-state index in [0.29, 0.717) is 24.1 Å². The van der Waals surface area contributed by atoms with E-state index in [-0.39, 0.29) is 18.2 Å². The summed E-state index contributed by atoms with van der Waals surface area (Å²) in [5.41, 5.74) is 5.68. The van der Waals surface area contributed by atoms with Gasteiger partial charge in [-0.25, -0.2) is 4.79 Å². The van der Waals surface area contributed by atoms with E-state index in [1.807, 2.05) is 6.92 Å². The average molecular weight is 549 g/mol. The van der Waals surface area contributed by atoms with Crippen molar-refractivity contribution < 1.29 is 29.0 Å². The number of carbonyl (C=O) groups excluding carboxylic acids is 4. The minimum atomic E-state index is -1.32. The number of ether oxygens (including phenoxy) is 1. The summed E-state index contributed by atoms with van der Waals surface area (Å²) in [4.78, 5) is 53.5. The number of hydrogen-bond acceptors (Lipinski definition) is 6. The molecule has 1 aromatic carbocycles. The SMILES string of the molecule is CCCCCCCN(C(=O)C(CC(N)=O)NC(=O)OC(C)(C)C)C(C(=O)NCCCC)c1ccc(O)c(C)c1. The molecule has 1 rings (SSSR count). The number of carbonyl (C=O) groups is 4. The Morgan fingerprint density at radius 2 is 1.67 bits per heavy atom. The van der Waals surface area contributed by atoms with Crippen molar-refractivity contribution in [3.8, 4) is 5.75 Å². The summed E-state index contributed by atoms with van der Waals surface area (Å²) in [5, 5.41) is 15.5. The molecule has 0 aliphatic carbocycles. The van der Waals surface area contributed by atoms with Crippen LogP contribution in [0.4, 0.5) is 4.79 Å². The van der Waals surface area contributed by atoms with E-state index in [2.05, 4.69) is 17.6 Å². The van der Waals surface area contributed by atoms with Crippen LogP contribution in [-0.4, -0.2) is 58.6 Å². The number of primary amides is 1. The number of nitrogens with two attached hydrogens (primary N) is 1. The van der Waals surface area contributed by atoms with Gasteiger partial charge in [0, 0.05) is 13.1 Å². The first-order valence-corrected chi connectivity index (χ1v) is 14.0. The van der Waals surface area contributed by atoms with Gasteiger partial charge in [-0.3, -0.25) is 14.4 Å². The zero-order valence-corrected chi connectivity index (χ0v) is 24.5. The van der Waals surface area contributed by atoms with Crippen molar-refractivity contribution >= 4 is 23.8 Å². The molecule has 0 radical (unpaired) electrons. The van der Waals surface area contributed by atoms with Crippen molar-refractivity contribution in [2.24, 2.45) is 5.73 Å². The predicted molar refractivity (Wildman–Crippen MR) is 151 cm³/mol. The maximum absolute atomic E-state index is 14.0. The third-order valence-corrected chi connectivity index (χ3v) is 6.11. The number of phenolic OH excluding ortho intramolecular Hbond substituents is 1. The summed E-state index contributed by atoms with van der Waals surface area (Å²) in [6.07, 6.45) is 4.87. The Hall–Kier alpha value is -3.30. The molecule has 5 N–H and O–H groups in total. The smallest absolute Gasteiger partial charge is 0.408 e. The van der Waals surface area contributed by atoms with Crippen molar-refractivity contribution in [1.29, 1.82) is 0 Å². The van der Waals surface area contributed by atoms with E-state index >= 15 is 0 Å². The minimum Gasteiger partial charge on any atom is -0.508 e. The van der Waals surface area contributed by atoms with Gasteiger partial charge in [-0.15, -0.1) is 0 Å². The Bertz CT molecular complexity index is 960. The molecule has 220 valence electrons. The number of phenols is 1. The van der Waals surface area contributed by atoms with E-state index in [0.717, 1.165) is 38.5 Å². The van der Waals surface area contributed by atoms with Gasteiger partial charge in [0.15, 0.2) is 0 Å². The quantitative estimate of drug-likeness (QED) is 0.227. The van der Waals surface area contributed by atoms with Crippen LogP contribution in [0.2, 0.25) is 0 Å². The Labute approximate surface area is 233 Å². The average Bonchev–Trinajstić information content (AvgIpc) is 2.83. The first kappa shape index (κ1) is 33.7. The van der Waals surface area contributed by atoms with Crippen molar-refractivity contribution in [3.63, 3.8) is 0 Å². The Kier molecular flexibility index (Phi) is 14.4. The number of unbranched alkanes of at least 4 members (excludes halogenated alkanes) is 5. The highest BCUT2D eigenvalue weighted by Crippen LogP contribution is 2.28. The maximum Gasteiger partial charge on any atom is 0.408 e. The number of hydrogen-bond donors (Lipinski definition) is 4. The highest BCUT2D eigenvalue weighted by Gasteiger charge is 2.36. The summed E-state index contributed by atoms with van der Waals surface area (Å²) in [5.74, 6) is -1.71. The largest absolute Gasteiger partial charge is 0.508 e. The highest BCUT2D eigenvalue weighted by molar-refractivity contribution is 5.94. The standard InChI is InChI=1S/C29H48N4O6/c1-7-9-11-12-13-17-33(27(37)22(19-24(30)35)32-28(38)39-29(4,5)6)25(26(36)31-16-10-8-2)21-14-15-23(34)20(3)18-21/h14-15,18,22,25,34H,7-13,16-17,19H2,1-6H3,(H2,30,35)(H,31,36)(H,32,38). The summed E-state index contributed by atoms with van der Waals surface area (Å²) >= 11 is 0. The van der Waals surface area contributed by atoms with Crippen LogP contribution in [0.15, 0.2) is 18.2 Å². The minimum absolute atomic E-state index is 0.0690. The molecule has 0 aliphatic heterocycles. The number of nitrogens with zero attached hydrogens (tertiary/aromatic N) is 1. The zero-order chi connectivity index (χ0) is 29.6. The molecule has 1 aromatic rings. The molecule has 0 spiro atoms. The molecule has 0 aromatic heterocycles. The molecule has 4 amide bonds. The van der Waals surface area contributed by atoms with Gasteiger partial charge in [0.05, 0.1) is 6.42 Å². The fraction of sp³-hybridized carbons (Fsp3) is 0.655. The Morgan fingerprint density at radius 3 is 2.23 bits per heavy atom. The molecule has 2 atom stereocenters. The number of benzene rings is 1. The van der Waals surface area contributed by atoms with Gasteiger partial charge in [0.2, 0.25) is 17.7 Å². The molecule has 2 unspecified atom stereocenters. The molecule has 0 bridgehead atoms. The molecule has 10 heteroatoms. The lowest BCUT2D eigenvalue weighted by Gasteiger charge is -2.34. The molecule has 0 aliphatic rings. The Balaban J connectivity index is 3.49. The zero-order valence-electron chi connectivity index (χ0n) is 24.5. The van der Waals surface area contributed by atoms with Gasteiger partial charge < -0.3 is 31.1 Å².